The molecule has 0 aliphatic carbocycles. The van der Waals surface area contributed by atoms with Crippen molar-refractivity contribution in [3.05, 3.63) is 90.0 Å². The van der Waals surface area contributed by atoms with E-state index in [1.807, 2.05) is 0 Å². The van der Waals surface area contributed by atoms with Gasteiger partial charge < -0.3 is 15.0 Å². The fraction of sp³-hybridized carbons (Fsp3) is 0.160. The monoisotopic (exact) mass is 471 g/mol. The number of nitrogens with zero attached hydrogens (tertiary/aromatic N) is 4. The Labute approximate surface area is 199 Å². The minimum absolute atomic E-state index is 0.197. The van der Waals surface area contributed by atoms with Gasteiger partial charge in [0.05, 0.1) is 17.2 Å². The molecule has 2 aromatic carbocycles. The van der Waals surface area contributed by atoms with Crippen molar-refractivity contribution in [1.29, 1.82) is 0 Å². The number of imidazole rings is 1. The molecule has 5 rings (SSSR count). The van der Waals surface area contributed by atoms with E-state index in [0.29, 0.717) is 40.3 Å². The molecule has 0 radical (unpaired) electrons. The molecule has 0 saturated heterocycles. The molecule has 0 unspecified atom stereocenters. The van der Waals surface area contributed by atoms with Gasteiger partial charge in [-0.15, -0.1) is 0 Å². The predicted octanol–water partition coefficient (Wildman–Crippen LogP) is 3.82. The van der Waals surface area contributed by atoms with E-state index >= 15 is 0 Å². The average molecular weight is 471 g/mol. The molecular formula is C25H22FN7O2. The number of aryl methyl sites for hydroxylation is 1. The van der Waals surface area contributed by atoms with Crippen molar-refractivity contribution in [3.63, 3.8) is 0 Å². The number of H-pyrrole nitrogens is 2. The second-order valence-electron chi connectivity index (χ2n) is 7.88. The molecule has 35 heavy (non-hydrogen) atoms. The van der Waals surface area contributed by atoms with Crippen LogP contribution in [0.3, 0.4) is 0 Å². The number of hydrogen-bond donors (Lipinski definition) is 3. The number of fused-ring (bicyclic) bond motifs is 1. The first kappa shape index (κ1) is 22.2. The van der Waals surface area contributed by atoms with Crippen LogP contribution in [0.25, 0.3) is 22.3 Å². The third-order valence-electron chi connectivity index (χ3n) is 5.37. The van der Waals surface area contributed by atoms with Crippen LogP contribution in [0.4, 0.5) is 4.39 Å². The molecule has 5 aromatic rings. The number of carbonyl (C=O) groups is 1. The minimum Gasteiger partial charge on any atom is -0.471 e. The maximum atomic E-state index is 13.5. The number of amides is 1. The number of carbonyl (C=O) groups excluding carboxylic acids is 1. The van der Waals surface area contributed by atoms with Gasteiger partial charge >= 0.3 is 0 Å². The fourth-order valence-corrected chi connectivity index (χ4v) is 3.58. The number of nitrogens with one attached hydrogen (secondary N) is 3. The first-order valence-electron chi connectivity index (χ1n) is 11.1. The first-order valence-corrected chi connectivity index (χ1v) is 11.1. The van der Waals surface area contributed by atoms with E-state index in [0.717, 1.165) is 24.2 Å². The minimum atomic E-state index is -0.352. The van der Waals surface area contributed by atoms with Gasteiger partial charge in [0.1, 0.15) is 23.9 Å². The Morgan fingerprint density at radius 1 is 1.09 bits per heavy atom. The predicted molar refractivity (Wildman–Crippen MR) is 127 cm³/mol. The van der Waals surface area contributed by atoms with Crippen molar-refractivity contribution in [1.82, 2.24) is 35.5 Å². The number of hydrogen-bond acceptors (Lipinski definition) is 6. The Kier molecular flexibility index (Phi) is 6.42. The third-order valence-corrected chi connectivity index (χ3v) is 5.37. The summed E-state index contributed by atoms with van der Waals surface area (Å²) in [5.74, 6) is 0.644. The first-order chi connectivity index (χ1) is 17.2. The molecule has 0 bridgehead atoms. The molecule has 0 spiro atoms. The van der Waals surface area contributed by atoms with Crippen LogP contribution >= 0.6 is 0 Å². The van der Waals surface area contributed by atoms with Gasteiger partial charge in [-0.2, -0.15) is 5.10 Å². The van der Waals surface area contributed by atoms with Crippen LogP contribution in [0.1, 0.15) is 28.2 Å². The molecule has 3 N–H and O–H groups in total. The number of halogens is 1. The lowest BCUT2D eigenvalue weighted by Gasteiger charge is -2.12. The summed E-state index contributed by atoms with van der Waals surface area (Å²) >= 11 is 0. The van der Waals surface area contributed by atoms with Crippen LogP contribution in [0, 0.1) is 5.82 Å². The summed E-state index contributed by atoms with van der Waals surface area (Å²) in [7, 11) is 0. The van der Waals surface area contributed by atoms with E-state index in [1.54, 1.807) is 55.1 Å². The smallest absolute Gasteiger partial charge is 0.251 e. The van der Waals surface area contributed by atoms with E-state index in [1.165, 1.54) is 12.1 Å². The van der Waals surface area contributed by atoms with Crippen molar-refractivity contribution in [2.45, 2.75) is 19.4 Å². The third kappa shape index (κ3) is 5.32. The van der Waals surface area contributed by atoms with Gasteiger partial charge in [0.2, 0.25) is 5.88 Å². The second-order valence-corrected chi connectivity index (χ2v) is 7.88. The second kappa shape index (κ2) is 10.1. The maximum Gasteiger partial charge on any atom is 0.251 e. The highest BCUT2D eigenvalue weighted by Gasteiger charge is 2.15. The summed E-state index contributed by atoms with van der Waals surface area (Å²) < 4.78 is 19.4. The van der Waals surface area contributed by atoms with E-state index in [2.05, 4.69) is 30.5 Å². The Balaban J connectivity index is 1.38. The quantitative estimate of drug-likeness (QED) is 0.281. The van der Waals surface area contributed by atoms with Crippen LogP contribution < -0.4 is 10.1 Å². The number of rotatable bonds is 9. The Hall–Kier alpha value is -4.60. The van der Waals surface area contributed by atoms with Gasteiger partial charge in [-0.05, 0) is 48.9 Å². The van der Waals surface area contributed by atoms with Gasteiger partial charge in [-0.1, -0.05) is 0 Å². The average Bonchev–Trinajstić information content (AvgIpc) is 3.59. The zero-order chi connectivity index (χ0) is 24.0. The van der Waals surface area contributed by atoms with Crippen LogP contribution in [0.15, 0.2) is 67.3 Å². The maximum absolute atomic E-state index is 13.5. The van der Waals surface area contributed by atoms with Gasteiger partial charge in [0.15, 0.2) is 0 Å². The Bertz CT molecular complexity index is 1420. The molecule has 3 heterocycles. The number of ether oxygens (including phenoxy) is 1. The molecule has 0 atom stereocenters. The van der Waals surface area contributed by atoms with Crippen molar-refractivity contribution < 1.29 is 13.9 Å². The molecule has 0 aliphatic rings. The van der Waals surface area contributed by atoms with E-state index in [4.69, 9.17) is 9.72 Å². The standard InChI is InChI=1S/C25H22FN7O2/c26-19-6-3-17(4-7-19)23-25(35-15-16-13-30-31-14-16)33-20-8-5-18(12-21(20)32-23)24(34)29-9-1-2-22-27-10-11-28-22/h3-8,10-14H,1-2,9,15H2,(H,27,28)(H,29,34)(H,30,31). The van der Waals surface area contributed by atoms with Gasteiger partial charge in [0.25, 0.3) is 5.91 Å². The molecular weight excluding hydrogens is 449 g/mol. The van der Waals surface area contributed by atoms with Gasteiger partial charge in [-0.3, -0.25) is 9.89 Å². The largest absolute Gasteiger partial charge is 0.471 e. The van der Waals surface area contributed by atoms with E-state index in [-0.39, 0.29) is 18.3 Å². The van der Waals surface area contributed by atoms with Crippen LogP contribution in [-0.2, 0) is 13.0 Å². The van der Waals surface area contributed by atoms with E-state index < -0.39 is 0 Å². The summed E-state index contributed by atoms with van der Waals surface area (Å²) in [6, 6.07) is 11.1. The summed E-state index contributed by atoms with van der Waals surface area (Å²) in [6.07, 6.45) is 8.38. The van der Waals surface area contributed by atoms with Gasteiger partial charge in [-0.25, -0.2) is 19.3 Å². The van der Waals surface area contributed by atoms with Crippen LogP contribution in [-0.4, -0.2) is 42.6 Å². The molecule has 0 aliphatic heterocycles. The zero-order valence-electron chi connectivity index (χ0n) is 18.7. The molecule has 3 aromatic heterocycles. The SMILES string of the molecule is O=C(NCCCc1ncc[nH]1)c1ccc2nc(OCc3cn[nH]c3)c(-c3ccc(F)cc3)nc2c1. The number of benzene rings is 2. The molecule has 176 valence electrons. The lowest BCUT2D eigenvalue weighted by atomic mass is 10.1. The molecule has 0 saturated carbocycles. The lowest BCUT2D eigenvalue weighted by Crippen LogP contribution is -2.24. The van der Waals surface area contributed by atoms with Crippen LogP contribution in [0.5, 0.6) is 5.88 Å². The highest BCUT2D eigenvalue weighted by molar-refractivity contribution is 5.97. The highest BCUT2D eigenvalue weighted by Crippen LogP contribution is 2.30. The topological polar surface area (TPSA) is 121 Å². The van der Waals surface area contributed by atoms with Crippen LogP contribution in [0.2, 0.25) is 0 Å². The lowest BCUT2D eigenvalue weighted by molar-refractivity contribution is 0.0953. The fourth-order valence-electron chi connectivity index (χ4n) is 3.58. The number of aromatic amines is 2. The summed E-state index contributed by atoms with van der Waals surface area (Å²) in [6.45, 7) is 0.758. The van der Waals surface area contributed by atoms with Crippen molar-refractivity contribution >= 4 is 16.9 Å². The highest BCUT2D eigenvalue weighted by atomic mass is 19.1. The Morgan fingerprint density at radius 3 is 2.74 bits per heavy atom. The molecule has 9 nitrogen and oxygen atoms in total. The normalized spacial score (nSPS) is 11.0. The molecule has 0 fully saturated rings. The Morgan fingerprint density at radius 2 is 1.97 bits per heavy atom. The summed E-state index contributed by atoms with van der Waals surface area (Å²) in [5, 5.41) is 9.58. The molecule has 1 amide bonds. The van der Waals surface area contributed by atoms with E-state index in [9.17, 15) is 9.18 Å². The van der Waals surface area contributed by atoms with Crippen molar-refractivity contribution in [2.75, 3.05) is 6.54 Å². The summed E-state index contributed by atoms with van der Waals surface area (Å²) in [5.41, 5.74) is 3.53. The summed E-state index contributed by atoms with van der Waals surface area (Å²) in [4.78, 5) is 29.3. The van der Waals surface area contributed by atoms with Crippen molar-refractivity contribution in [3.8, 4) is 17.1 Å². The van der Waals surface area contributed by atoms with Crippen molar-refractivity contribution in [2.24, 2.45) is 0 Å². The zero-order valence-corrected chi connectivity index (χ0v) is 18.7. The van der Waals surface area contributed by atoms with Gasteiger partial charge in [0, 0.05) is 48.2 Å². The molecule has 10 heteroatoms. The number of aromatic nitrogens is 6.